The average Bonchev–Trinajstić information content (AvgIpc) is 2.85. The van der Waals surface area contributed by atoms with Crippen LogP contribution in [0.1, 0.15) is 29.0 Å². The van der Waals surface area contributed by atoms with Crippen molar-refractivity contribution in [3.8, 4) is 0 Å². The van der Waals surface area contributed by atoms with Crippen LogP contribution in [0.25, 0.3) is 0 Å². The highest BCUT2D eigenvalue weighted by molar-refractivity contribution is 7.10. The van der Waals surface area contributed by atoms with Crippen LogP contribution < -0.4 is 5.32 Å². The Morgan fingerprint density at radius 1 is 1.60 bits per heavy atom. The first-order chi connectivity index (χ1) is 7.33. The zero-order valence-electron chi connectivity index (χ0n) is 8.95. The lowest BCUT2D eigenvalue weighted by Gasteiger charge is -2.15. The molecule has 2 rings (SSSR count). The minimum absolute atomic E-state index is 0.272. The zero-order chi connectivity index (χ0) is 10.7. The van der Waals surface area contributed by atoms with Crippen LogP contribution >= 0.6 is 11.3 Å². The van der Waals surface area contributed by atoms with Gasteiger partial charge in [-0.05, 0) is 30.5 Å². The zero-order valence-corrected chi connectivity index (χ0v) is 9.77. The normalized spacial score (nSPS) is 12.9. The summed E-state index contributed by atoms with van der Waals surface area (Å²) in [5, 5.41) is 12.5. The van der Waals surface area contributed by atoms with E-state index in [4.69, 9.17) is 0 Å². The van der Waals surface area contributed by atoms with Gasteiger partial charge in [0.2, 0.25) is 0 Å². The predicted molar refractivity (Wildman–Crippen MR) is 63.2 cm³/mol. The number of aryl methyl sites for hydroxylation is 1. The maximum Gasteiger partial charge on any atom is 0.0704 e. The Bertz CT molecular complexity index is 405. The fourth-order valence-electron chi connectivity index (χ4n) is 1.66. The Labute approximate surface area is 93.5 Å². The Morgan fingerprint density at radius 2 is 2.47 bits per heavy atom. The van der Waals surface area contributed by atoms with Crippen molar-refractivity contribution in [1.82, 2.24) is 15.5 Å². The first-order valence-corrected chi connectivity index (χ1v) is 5.97. The molecule has 0 radical (unpaired) electrons. The molecule has 0 spiro atoms. The molecule has 0 aromatic carbocycles. The van der Waals surface area contributed by atoms with E-state index in [1.807, 2.05) is 12.4 Å². The van der Waals surface area contributed by atoms with E-state index in [0.29, 0.717) is 0 Å². The number of aromatic nitrogens is 2. The standard InChI is InChI=1S/C11H15N3S/c1-3-12-10(9-6-13-14-7-9)11-8(2)4-5-15-11/h4-7,10,12H,3H2,1-2H3,(H,13,14). The summed E-state index contributed by atoms with van der Waals surface area (Å²) < 4.78 is 0. The quantitative estimate of drug-likeness (QED) is 0.832. The molecule has 0 aliphatic heterocycles. The molecule has 1 unspecified atom stereocenters. The van der Waals surface area contributed by atoms with Gasteiger partial charge in [-0.25, -0.2) is 0 Å². The molecule has 80 valence electrons. The van der Waals surface area contributed by atoms with Gasteiger partial charge in [0.1, 0.15) is 0 Å². The van der Waals surface area contributed by atoms with Gasteiger partial charge in [-0.2, -0.15) is 5.10 Å². The largest absolute Gasteiger partial charge is 0.306 e. The van der Waals surface area contributed by atoms with Crippen LogP contribution in [-0.4, -0.2) is 16.7 Å². The second kappa shape index (κ2) is 4.59. The van der Waals surface area contributed by atoms with Gasteiger partial charge in [0, 0.05) is 16.6 Å². The first-order valence-electron chi connectivity index (χ1n) is 5.09. The number of nitrogens with zero attached hydrogens (tertiary/aromatic N) is 1. The summed E-state index contributed by atoms with van der Waals surface area (Å²) in [6.07, 6.45) is 3.83. The molecule has 0 aliphatic rings. The Balaban J connectivity index is 2.32. The molecule has 0 fully saturated rings. The molecule has 0 saturated carbocycles. The maximum atomic E-state index is 4.00. The maximum absolute atomic E-state index is 4.00. The third-order valence-electron chi connectivity index (χ3n) is 2.42. The Hall–Kier alpha value is -1.13. The highest BCUT2D eigenvalue weighted by Gasteiger charge is 2.16. The molecular weight excluding hydrogens is 206 g/mol. The van der Waals surface area contributed by atoms with Crippen molar-refractivity contribution in [2.75, 3.05) is 6.54 Å². The van der Waals surface area contributed by atoms with Gasteiger partial charge in [0.05, 0.1) is 12.2 Å². The van der Waals surface area contributed by atoms with Crippen molar-refractivity contribution in [3.63, 3.8) is 0 Å². The number of H-pyrrole nitrogens is 1. The van der Waals surface area contributed by atoms with Crippen molar-refractivity contribution in [1.29, 1.82) is 0 Å². The molecule has 1 atom stereocenters. The van der Waals surface area contributed by atoms with Crippen molar-refractivity contribution in [2.45, 2.75) is 19.9 Å². The van der Waals surface area contributed by atoms with Gasteiger partial charge in [-0.15, -0.1) is 11.3 Å². The lowest BCUT2D eigenvalue weighted by atomic mass is 10.1. The first kappa shape index (κ1) is 10.4. The van der Waals surface area contributed by atoms with E-state index in [2.05, 4.69) is 40.8 Å². The second-order valence-electron chi connectivity index (χ2n) is 3.49. The van der Waals surface area contributed by atoms with E-state index >= 15 is 0 Å². The number of hydrogen-bond donors (Lipinski definition) is 2. The molecule has 4 heteroatoms. The van der Waals surface area contributed by atoms with Gasteiger partial charge in [-0.1, -0.05) is 6.92 Å². The molecule has 2 heterocycles. The van der Waals surface area contributed by atoms with Crippen LogP contribution in [-0.2, 0) is 0 Å². The molecule has 0 amide bonds. The molecular formula is C11H15N3S. The van der Waals surface area contributed by atoms with E-state index in [1.165, 1.54) is 16.0 Å². The van der Waals surface area contributed by atoms with Gasteiger partial charge in [0.15, 0.2) is 0 Å². The summed E-state index contributed by atoms with van der Waals surface area (Å²) in [5.41, 5.74) is 2.54. The number of thiophene rings is 1. The van der Waals surface area contributed by atoms with Crippen LogP contribution in [0.4, 0.5) is 0 Å². The molecule has 0 saturated heterocycles. The van der Waals surface area contributed by atoms with E-state index in [1.54, 1.807) is 11.3 Å². The molecule has 2 aromatic heterocycles. The third-order valence-corrected chi connectivity index (χ3v) is 3.51. The van der Waals surface area contributed by atoms with Crippen molar-refractivity contribution in [3.05, 3.63) is 39.8 Å². The summed E-state index contributed by atoms with van der Waals surface area (Å²) in [6, 6.07) is 2.43. The molecule has 3 nitrogen and oxygen atoms in total. The van der Waals surface area contributed by atoms with Crippen LogP contribution in [0.5, 0.6) is 0 Å². The van der Waals surface area contributed by atoms with Gasteiger partial charge < -0.3 is 5.32 Å². The lowest BCUT2D eigenvalue weighted by Crippen LogP contribution is -2.21. The van der Waals surface area contributed by atoms with Crippen LogP contribution in [0.15, 0.2) is 23.8 Å². The SMILES string of the molecule is CCNC(c1cn[nH]c1)c1sccc1C. The van der Waals surface area contributed by atoms with E-state index in [-0.39, 0.29) is 6.04 Å². The average molecular weight is 221 g/mol. The Kier molecular flexibility index (Phi) is 3.18. The lowest BCUT2D eigenvalue weighted by molar-refractivity contribution is 0.637. The summed E-state index contributed by atoms with van der Waals surface area (Å²) in [7, 11) is 0. The van der Waals surface area contributed by atoms with Gasteiger partial charge in [0.25, 0.3) is 0 Å². The fraction of sp³-hybridized carbons (Fsp3) is 0.364. The molecule has 0 bridgehead atoms. The number of nitrogens with one attached hydrogen (secondary N) is 2. The van der Waals surface area contributed by atoms with E-state index in [0.717, 1.165) is 6.54 Å². The molecule has 0 aliphatic carbocycles. The smallest absolute Gasteiger partial charge is 0.0704 e. The minimum atomic E-state index is 0.272. The second-order valence-corrected chi connectivity index (χ2v) is 4.44. The summed E-state index contributed by atoms with van der Waals surface area (Å²) in [4.78, 5) is 1.37. The fourth-order valence-corrected chi connectivity index (χ4v) is 2.69. The van der Waals surface area contributed by atoms with Crippen LogP contribution in [0.3, 0.4) is 0 Å². The third kappa shape index (κ3) is 2.11. The highest BCUT2D eigenvalue weighted by Crippen LogP contribution is 2.28. The predicted octanol–water partition coefficient (Wildman–Crippen LogP) is 2.48. The topological polar surface area (TPSA) is 40.7 Å². The summed E-state index contributed by atoms with van der Waals surface area (Å²) in [6.45, 7) is 5.22. The number of hydrogen-bond acceptors (Lipinski definition) is 3. The van der Waals surface area contributed by atoms with Crippen molar-refractivity contribution >= 4 is 11.3 Å². The van der Waals surface area contributed by atoms with Gasteiger partial charge >= 0.3 is 0 Å². The van der Waals surface area contributed by atoms with Gasteiger partial charge in [-0.3, -0.25) is 5.10 Å². The van der Waals surface area contributed by atoms with Crippen LogP contribution in [0, 0.1) is 6.92 Å². The summed E-state index contributed by atoms with van der Waals surface area (Å²) in [5.74, 6) is 0. The summed E-state index contributed by atoms with van der Waals surface area (Å²) >= 11 is 1.79. The minimum Gasteiger partial charge on any atom is -0.306 e. The number of aromatic amines is 1. The molecule has 15 heavy (non-hydrogen) atoms. The highest BCUT2D eigenvalue weighted by atomic mass is 32.1. The van der Waals surface area contributed by atoms with E-state index < -0.39 is 0 Å². The van der Waals surface area contributed by atoms with Crippen LogP contribution in [0.2, 0.25) is 0 Å². The Morgan fingerprint density at radius 3 is 3.00 bits per heavy atom. The molecule has 2 N–H and O–H groups in total. The molecule has 2 aromatic rings. The number of rotatable bonds is 4. The monoisotopic (exact) mass is 221 g/mol. The van der Waals surface area contributed by atoms with Crippen molar-refractivity contribution in [2.24, 2.45) is 0 Å². The van der Waals surface area contributed by atoms with Crippen molar-refractivity contribution < 1.29 is 0 Å². The van der Waals surface area contributed by atoms with E-state index in [9.17, 15) is 0 Å².